The number of rotatable bonds is 3. The van der Waals surface area contributed by atoms with E-state index in [2.05, 4.69) is 35.9 Å². The zero-order valence-corrected chi connectivity index (χ0v) is 12.6. The van der Waals surface area contributed by atoms with E-state index >= 15 is 0 Å². The summed E-state index contributed by atoms with van der Waals surface area (Å²) in [5.74, 6) is 0. The molecule has 104 valence electrons. The Bertz CT molecular complexity index is 430. The molecule has 1 atom stereocenters. The Balaban J connectivity index is 2.20. The first kappa shape index (κ1) is 14.3. The highest BCUT2D eigenvalue weighted by atomic mass is 32.1. The van der Waals surface area contributed by atoms with E-state index in [0.29, 0.717) is 11.0 Å². The molecule has 1 heterocycles. The van der Waals surface area contributed by atoms with Crippen LogP contribution < -0.4 is 10.6 Å². The monoisotopic (exact) mass is 277 g/mol. The number of hydrogen-bond acceptors (Lipinski definition) is 3. The molecule has 0 aliphatic carbocycles. The number of nitrogens with zero attached hydrogens (tertiary/aromatic N) is 2. The quantitative estimate of drug-likeness (QED) is 0.859. The van der Waals surface area contributed by atoms with E-state index in [0.717, 1.165) is 18.7 Å². The van der Waals surface area contributed by atoms with Gasteiger partial charge in [-0.25, -0.2) is 0 Å². The zero-order chi connectivity index (χ0) is 13.8. The minimum absolute atomic E-state index is 0.467. The normalized spacial score (nSPS) is 21.2. The van der Waals surface area contributed by atoms with Crippen LogP contribution in [0.5, 0.6) is 0 Å². The van der Waals surface area contributed by atoms with Crippen molar-refractivity contribution in [2.24, 2.45) is 5.73 Å². The van der Waals surface area contributed by atoms with Gasteiger partial charge in [-0.3, -0.25) is 0 Å². The van der Waals surface area contributed by atoms with Gasteiger partial charge < -0.3 is 15.5 Å². The first-order valence-electron chi connectivity index (χ1n) is 6.97. The van der Waals surface area contributed by atoms with Gasteiger partial charge in [0.15, 0.2) is 0 Å². The van der Waals surface area contributed by atoms with Crippen molar-refractivity contribution in [3.63, 3.8) is 0 Å². The summed E-state index contributed by atoms with van der Waals surface area (Å²) in [4.78, 5) is 5.42. The van der Waals surface area contributed by atoms with Crippen molar-refractivity contribution >= 4 is 22.9 Å². The lowest BCUT2D eigenvalue weighted by Gasteiger charge is -2.32. The van der Waals surface area contributed by atoms with E-state index in [1.807, 2.05) is 12.1 Å². The second-order valence-corrected chi connectivity index (χ2v) is 5.72. The van der Waals surface area contributed by atoms with Crippen molar-refractivity contribution in [2.75, 3.05) is 31.6 Å². The van der Waals surface area contributed by atoms with Gasteiger partial charge in [-0.2, -0.15) is 0 Å². The third kappa shape index (κ3) is 3.45. The van der Waals surface area contributed by atoms with Crippen molar-refractivity contribution < 1.29 is 0 Å². The lowest BCUT2D eigenvalue weighted by atomic mass is 10.1. The lowest BCUT2D eigenvalue weighted by Crippen LogP contribution is -2.39. The van der Waals surface area contributed by atoms with Crippen LogP contribution in [0.3, 0.4) is 0 Å². The molecule has 1 aromatic rings. The fourth-order valence-electron chi connectivity index (χ4n) is 2.75. The van der Waals surface area contributed by atoms with E-state index in [9.17, 15) is 0 Å². The van der Waals surface area contributed by atoms with E-state index in [-0.39, 0.29) is 0 Å². The topological polar surface area (TPSA) is 32.5 Å². The van der Waals surface area contributed by atoms with Crippen LogP contribution in [0.25, 0.3) is 0 Å². The molecule has 2 rings (SSSR count). The average Bonchev–Trinajstić information content (AvgIpc) is 2.60. The molecule has 4 heteroatoms. The maximum absolute atomic E-state index is 5.65. The number of thiocarbonyl (C=S) groups is 1. The minimum atomic E-state index is 0.467. The smallest absolute Gasteiger partial charge is 0.103 e. The molecule has 1 aliphatic heterocycles. The molecule has 1 unspecified atom stereocenters. The highest BCUT2D eigenvalue weighted by Gasteiger charge is 2.22. The molecule has 0 saturated carbocycles. The summed E-state index contributed by atoms with van der Waals surface area (Å²) >= 11 is 5.00. The number of nitrogens with two attached hydrogens (primary N) is 1. The first-order valence-corrected chi connectivity index (χ1v) is 7.37. The van der Waals surface area contributed by atoms with Crippen molar-refractivity contribution in [1.29, 1.82) is 0 Å². The van der Waals surface area contributed by atoms with Gasteiger partial charge in [-0.15, -0.1) is 0 Å². The van der Waals surface area contributed by atoms with Gasteiger partial charge in [0.05, 0.1) is 0 Å². The van der Waals surface area contributed by atoms with Crippen LogP contribution in [0.1, 0.15) is 25.3 Å². The summed E-state index contributed by atoms with van der Waals surface area (Å²) in [7, 11) is 2.21. The van der Waals surface area contributed by atoms with Gasteiger partial charge in [-0.05, 0) is 50.7 Å². The zero-order valence-electron chi connectivity index (χ0n) is 11.8. The lowest BCUT2D eigenvalue weighted by molar-refractivity contribution is 0.328. The standard InChI is InChI=1S/C15H23N3S/c1-3-13-11-17(2)9-4-10-18(13)14-7-5-12(6-8-14)15(16)19/h5-8,13H,3-4,9-11H2,1-2H3,(H2,16,19). The molecule has 1 aromatic carbocycles. The van der Waals surface area contributed by atoms with Crippen LogP contribution >= 0.6 is 12.2 Å². The van der Waals surface area contributed by atoms with Crippen molar-refractivity contribution in [2.45, 2.75) is 25.8 Å². The fourth-order valence-corrected chi connectivity index (χ4v) is 2.89. The summed E-state index contributed by atoms with van der Waals surface area (Å²) in [6.45, 7) is 5.70. The number of likely N-dealkylation sites (N-methyl/N-ethyl adjacent to an activating group) is 1. The predicted molar refractivity (Wildman–Crippen MR) is 85.9 cm³/mol. The summed E-state index contributed by atoms with van der Waals surface area (Å²) in [5.41, 5.74) is 7.87. The van der Waals surface area contributed by atoms with Crippen LogP contribution in [0, 0.1) is 0 Å². The largest absolute Gasteiger partial charge is 0.389 e. The maximum atomic E-state index is 5.65. The van der Waals surface area contributed by atoms with Crippen LogP contribution in [-0.2, 0) is 0 Å². The second kappa shape index (κ2) is 6.35. The third-order valence-corrected chi connectivity index (χ3v) is 4.09. The van der Waals surface area contributed by atoms with Crippen LogP contribution in [0.15, 0.2) is 24.3 Å². The van der Waals surface area contributed by atoms with E-state index in [4.69, 9.17) is 18.0 Å². The highest BCUT2D eigenvalue weighted by Crippen LogP contribution is 2.22. The van der Waals surface area contributed by atoms with Crippen molar-refractivity contribution in [1.82, 2.24) is 4.90 Å². The molecule has 19 heavy (non-hydrogen) atoms. The maximum Gasteiger partial charge on any atom is 0.103 e. The molecule has 3 nitrogen and oxygen atoms in total. The molecule has 0 spiro atoms. The summed E-state index contributed by atoms with van der Waals surface area (Å²) in [5, 5.41) is 0. The van der Waals surface area contributed by atoms with E-state index in [1.165, 1.54) is 25.1 Å². The molecule has 0 aromatic heterocycles. The van der Waals surface area contributed by atoms with Gasteiger partial charge in [0, 0.05) is 30.4 Å². The van der Waals surface area contributed by atoms with Gasteiger partial charge in [0.25, 0.3) is 0 Å². The Morgan fingerprint density at radius 1 is 1.32 bits per heavy atom. The molecule has 0 radical (unpaired) electrons. The first-order chi connectivity index (χ1) is 9.11. The van der Waals surface area contributed by atoms with E-state index in [1.54, 1.807) is 0 Å². The Hall–Kier alpha value is -1.13. The molecule has 1 aliphatic rings. The van der Waals surface area contributed by atoms with Gasteiger partial charge in [0.2, 0.25) is 0 Å². The number of anilines is 1. The minimum Gasteiger partial charge on any atom is -0.389 e. The summed E-state index contributed by atoms with van der Waals surface area (Å²) in [6.07, 6.45) is 2.38. The summed E-state index contributed by atoms with van der Waals surface area (Å²) in [6, 6.07) is 8.92. The molecule has 0 amide bonds. The predicted octanol–water partition coefficient (Wildman–Crippen LogP) is 2.24. The molecular formula is C15H23N3S. The van der Waals surface area contributed by atoms with Crippen molar-refractivity contribution in [3.8, 4) is 0 Å². The third-order valence-electron chi connectivity index (χ3n) is 3.86. The van der Waals surface area contributed by atoms with Crippen LogP contribution in [-0.4, -0.2) is 42.6 Å². The Kier molecular flexibility index (Phi) is 4.77. The number of hydrogen-bond donors (Lipinski definition) is 1. The molecular weight excluding hydrogens is 254 g/mol. The Morgan fingerprint density at radius 3 is 2.58 bits per heavy atom. The number of benzene rings is 1. The SMILES string of the molecule is CCC1CN(C)CCCN1c1ccc(C(N)=S)cc1. The Labute approximate surface area is 121 Å². The second-order valence-electron chi connectivity index (χ2n) is 5.28. The van der Waals surface area contributed by atoms with E-state index < -0.39 is 0 Å². The van der Waals surface area contributed by atoms with Crippen LogP contribution in [0.2, 0.25) is 0 Å². The molecule has 0 bridgehead atoms. The highest BCUT2D eigenvalue weighted by molar-refractivity contribution is 7.80. The molecule has 2 N–H and O–H groups in total. The molecule has 1 saturated heterocycles. The van der Waals surface area contributed by atoms with Crippen molar-refractivity contribution in [3.05, 3.63) is 29.8 Å². The van der Waals surface area contributed by atoms with Crippen LogP contribution in [0.4, 0.5) is 5.69 Å². The summed E-state index contributed by atoms with van der Waals surface area (Å²) < 4.78 is 0. The van der Waals surface area contributed by atoms with Gasteiger partial charge in [0.1, 0.15) is 4.99 Å². The van der Waals surface area contributed by atoms with Gasteiger partial charge >= 0.3 is 0 Å². The Morgan fingerprint density at radius 2 is 2.00 bits per heavy atom. The average molecular weight is 277 g/mol. The molecule has 1 fully saturated rings. The fraction of sp³-hybridized carbons (Fsp3) is 0.533. The van der Waals surface area contributed by atoms with Gasteiger partial charge in [-0.1, -0.05) is 19.1 Å².